The van der Waals surface area contributed by atoms with Crippen LogP contribution in [0.15, 0.2) is 24.3 Å². The molecule has 0 radical (unpaired) electrons. The minimum atomic E-state index is -0.463. The van der Waals surface area contributed by atoms with E-state index >= 15 is 0 Å². The quantitative estimate of drug-likeness (QED) is 0.795. The Hall–Kier alpha value is -1.55. The maximum Gasteiger partial charge on any atom is 0.241 e. The average Bonchev–Trinajstić information content (AvgIpc) is 2.32. The van der Waals surface area contributed by atoms with E-state index in [1.165, 1.54) is 0 Å². The van der Waals surface area contributed by atoms with Crippen molar-refractivity contribution < 1.29 is 9.53 Å². The van der Waals surface area contributed by atoms with Crippen molar-refractivity contribution in [2.24, 2.45) is 5.73 Å². The summed E-state index contributed by atoms with van der Waals surface area (Å²) in [4.78, 5) is 11.8. The Morgan fingerprint density at radius 1 is 1.41 bits per heavy atom. The number of hydrogen-bond acceptors (Lipinski definition) is 3. The first-order chi connectivity index (χ1) is 8.19. The van der Waals surface area contributed by atoms with Crippen LogP contribution in [0.4, 0.5) is 5.69 Å². The van der Waals surface area contributed by atoms with Crippen LogP contribution in [0.3, 0.4) is 0 Å². The van der Waals surface area contributed by atoms with Gasteiger partial charge in [-0.15, -0.1) is 0 Å². The van der Waals surface area contributed by atoms with Crippen molar-refractivity contribution >= 4 is 11.6 Å². The lowest BCUT2D eigenvalue weighted by molar-refractivity contribution is -0.117. The highest BCUT2D eigenvalue weighted by atomic mass is 16.5. The van der Waals surface area contributed by atoms with Crippen LogP contribution in [0.1, 0.15) is 26.7 Å². The van der Waals surface area contributed by atoms with Gasteiger partial charge < -0.3 is 15.8 Å². The number of para-hydroxylation sites is 2. The summed E-state index contributed by atoms with van der Waals surface area (Å²) in [5.41, 5.74) is 6.42. The number of nitrogens with one attached hydrogen (secondary N) is 1. The third kappa shape index (κ3) is 4.07. The van der Waals surface area contributed by atoms with E-state index in [2.05, 4.69) is 5.32 Å². The molecule has 0 spiro atoms. The van der Waals surface area contributed by atoms with E-state index in [-0.39, 0.29) is 5.91 Å². The van der Waals surface area contributed by atoms with Gasteiger partial charge in [0.1, 0.15) is 5.75 Å². The third-order valence-corrected chi connectivity index (χ3v) is 2.38. The molecule has 0 fully saturated rings. The predicted molar refractivity (Wildman–Crippen MR) is 69.1 cm³/mol. The summed E-state index contributed by atoms with van der Waals surface area (Å²) in [5, 5.41) is 2.79. The van der Waals surface area contributed by atoms with Gasteiger partial charge in [0.05, 0.1) is 18.3 Å². The number of ether oxygens (including phenoxy) is 1. The fraction of sp³-hybridized carbons (Fsp3) is 0.462. The topological polar surface area (TPSA) is 64.4 Å². The molecule has 4 heteroatoms. The van der Waals surface area contributed by atoms with Gasteiger partial charge in [-0.05, 0) is 25.5 Å². The molecule has 0 unspecified atom stereocenters. The van der Waals surface area contributed by atoms with Gasteiger partial charge in [0.25, 0.3) is 0 Å². The molecule has 94 valence electrons. The zero-order chi connectivity index (χ0) is 12.7. The molecule has 1 rings (SSSR count). The summed E-state index contributed by atoms with van der Waals surface area (Å²) >= 11 is 0. The molecule has 0 heterocycles. The zero-order valence-electron chi connectivity index (χ0n) is 10.4. The highest BCUT2D eigenvalue weighted by Gasteiger charge is 2.14. The standard InChI is InChI=1S/C13H20N2O2/c1-3-7-10(14)13(16)15-11-8-5-6-9-12(11)17-4-2/h5-6,8-10H,3-4,7,14H2,1-2H3,(H,15,16)/t10-/m0/s1. The molecular weight excluding hydrogens is 216 g/mol. The van der Waals surface area contributed by atoms with E-state index in [1.807, 2.05) is 38.1 Å². The zero-order valence-corrected chi connectivity index (χ0v) is 10.4. The highest BCUT2D eigenvalue weighted by molar-refractivity contribution is 5.95. The molecule has 0 aromatic heterocycles. The first kappa shape index (κ1) is 13.5. The predicted octanol–water partition coefficient (Wildman–Crippen LogP) is 2.15. The molecular formula is C13H20N2O2. The molecule has 0 aliphatic carbocycles. The van der Waals surface area contributed by atoms with E-state index in [9.17, 15) is 4.79 Å². The van der Waals surface area contributed by atoms with Crippen molar-refractivity contribution in [1.29, 1.82) is 0 Å². The third-order valence-electron chi connectivity index (χ3n) is 2.38. The van der Waals surface area contributed by atoms with Crippen LogP contribution in [0.25, 0.3) is 0 Å². The lowest BCUT2D eigenvalue weighted by Crippen LogP contribution is -2.35. The van der Waals surface area contributed by atoms with Gasteiger partial charge in [-0.1, -0.05) is 25.5 Å². The van der Waals surface area contributed by atoms with Crippen molar-refractivity contribution in [3.63, 3.8) is 0 Å². The number of nitrogens with two attached hydrogens (primary N) is 1. The SMILES string of the molecule is CCC[C@H](N)C(=O)Nc1ccccc1OCC. The van der Waals surface area contributed by atoms with Gasteiger partial charge in [0.15, 0.2) is 0 Å². The number of carbonyl (C=O) groups excluding carboxylic acids is 1. The Kier molecular flexibility index (Phi) is 5.49. The van der Waals surface area contributed by atoms with E-state index in [0.717, 1.165) is 6.42 Å². The second-order valence-electron chi connectivity index (χ2n) is 3.81. The average molecular weight is 236 g/mol. The molecule has 0 saturated carbocycles. The Bertz CT molecular complexity index is 366. The van der Waals surface area contributed by atoms with Crippen LogP contribution in [0.5, 0.6) is 5.75 Å². The fourth-order valence-electron chi connectivity index (χ4n) is 1.52. The lowest BCUT2D eigenvalue weighted by Gasteiger charge is -2.14. The number of benzene rings is 1. The van der Waals surface area contributed by atoms with E-state index < -0.39 is 6.04 Å². The minimum Gasteiger partial charge on any atom is -0.492 e. The van der Waals surface area contributed by atoms with Crippen LogP contribution in [-0.4, -0.2) is 18.6 Å². The maximum absolute atomic E-state index is 11.8. The van der Waals surface area contributed by atoms with Crippen LogP contribution in [0, 0.1) is 0 Å². The molecule has 0 saturated heterocycles. The molecule has 3 N–H and O–H groups in total. The van der Waals surface area contributed by atoms with Crippen molar-refractivity contribution in [1.82, 2.24) is 0 Å². The summed E-state index contributed by atoms with van der Waals surface area (Å²) in [6.45, 7) is 4.47. The van der Waals surface area contributed by atoms with Crippen LogP contribution in [0.2, 0.25) is 0 Å². The highest BCUT2D eigenvalue weighted by Crippen LogP contribution is 2.23. The molecule has 0 bridgehead atoms. The van der Waals surface area contributed by atoms with E-state index in [4.69, 9.17) is 10.5 Å². The van der Waals surface area contributed by atoms with E-state index in [1.54, 1.807) is 0 Å². The molecule has 17 heavy (non-hydrogen) atoms. The molecule has 1 amide bonds. The Morgan fingerprint density at radius 3 is 2.76 bits per heavy atom. The summed E-state index contributed by atoms with van der Waals surface area (Å²) < 4.78 is 5.42. The number of amides is 1. The molecule has 1 aromatic carbocycles. The number of rotatable bonds is 6. The summed E-state index contributed by atoms with van der Waals surface area (Å²) in [6, 6.07) is 6.89. The Balaban J connectivity index is 2.70. The lowest BCUT2D eigenvalue weighted by atomic mass is 10.1. The molecule has 1 atom stereocenters. The summed E-state index contributed by atoms with van der Waals surface area (Å²) in [5.74, 6) is 0.506. The molecule has 0 aliphatic heterocycles. The smallest absolute Gasteiger partial charge is 0.241 e. The van der Waals surface area contributed by atoms with Gasteiger partial charge >= 0.3 is 0 Å². The van der Waals surface area contributed by atoms with E-state index in [0.29, 0.717) is 24.5 Å². The van der Waals surface area contributed by atoms with Gasteiger partial charge in [0.2, 0.25) is 5.91 Å². The minimum absolute atomic E-state index is 0.168. The first-order valence-corrected chi connectivity index (χ1v) is 5.97. The molecule has 4 nitrogen and oxygen atoms in total. The Labute approximate surface area is 102 Å². The largest absolute Gasteiger partial charge is 0.492 e. The van der Waals surface area contributed by atoms with Crippen molar-refractivity contribution in [3.8, 4) is 5.75 Å². The Morgan fingerprint density at radius 2 is 2.12 bits per heavy atom. The van der Waals surface area contributed by atoms with Gasteiger partial charge in [-0.3, -0.25) is 4.79 Å². The summed E-state index contributed by atoms with van der Waals surface area (Å²) in [6.07, 6.45) is 1.57. The number of hydrogen-bond donors (Lipinski definition) is 2. The molecule has 1 aromatic rings. The normalized spacial score (nSPS) is 11.9. The van der Waals surface area contributed by atoms with Crippen LogP contribution in [-0.2, 0) is 4.79 Å². The number of anilines is 1. The second kappa shape index (κ2) is 6.91. The van der Waals surface area contributed by atoms with Crippen LogP contribution < -0.4 is 15.8 Å². The molecule has 0 aliphatic rings. The maximum atomic E-state index is 11.8. The first-order valence-electron chi connectivity index (χ1n) is 5.97. The number of carbonyl (C=O) groups is 1. The van der Waals surface area contributed by atoms with Crippen molar-refractivity contribution in [2.75, 3.05) is 11.9 Å². The monoisotopic (exact) mass is 236 g/mol. The summed E-state index contributed by atoms with van der Waals surface area (Å²) in [7, 11) is 0. The van der Waals surface area contributed by atoms with Crippen LogP contribution >= 0.6 is 0 Å². The van der Waals surface area contributed by atoms with Crippen molar-refractivity contribution in [3.05, 3.63) is 24.3 Å². The second-order valence-corrected chi connectivity index (χ2v) is 3.81. The van der Waals surface area contributed by atoms with Gasteiger partial charge in [-0.25, -0.2) is 0 Å². The van der Waals surface area contributed by atoms with Crippen molar-refractivity contribution in [2.45, 2.75) is 32.7 Å². The fourth-order valence-corrected chi connectivity index (χ4v) is 1.52. The van der Waals surface area contributed by atoms with Gasteiger partial charge in [0, 0.05) is 0 Å². The van der Waals surface area contributed by atoms with Gasteiger partial charge in [-0.2, -0.15) is 0 Å².